The van der Waals surface area contributed by atoms with Gasteiger partial charge in [-0.25, -0.2) is 9.18 Å². The first-order valence-corrected chi connectivity index (χ1v) is 6.12. The lowest BCUT2D eigenvalue weighted by Gasteiger charge is -2.21. The Balaban J connectivity index is 1.94. The van der Waals surface area contributed by atoms with Crippen LogP contribution in [0.3, 0.4) is 0 Å². The minimum Gasteiger partial charge on any atom is -0.351 e. The highest BCUT2D eigenvalue weighted by Crippen LogP contribution is 2.28. The van der Waals surface area contributed by atoms with Crippen LogP contribution in [0.2, 0.25) is 0 Å². The average Bonchev–Trinajstić information content (AvgIpc) is 3.14. The Hall–Kier alpha value is -1.95. The number of urea groups is 1. The van der Waals surface area contributed by atoms with Crippen LogP contribution in [-0.4, -0.2) is 29.4 Å². The van der Waals surface area contributed by atoms with E-state index in [0.29, 0.717) is 12.6 Å². The number of hydrogen-bond acceptors (Lipinski definition) is 3. The predicted octanol–water partition coefficient (Wildman–Crippen LogP) is 0.985. The average molecular weight is 265 g/mol. The normalized spacial score (nSPS) is 14.4. The zero-order chi connectivity index (χ0) is 13.8. The van der Waals surface area contributed by atoms with E-state index in [4.69, 9.17) is 5.73 Å². The molecule has 0 saturated heterocycles. The van der Waals surface area contributed by atoms with Gasteiger partial charge in [-0.1, -0.05) is 12.1 Å². The molecule has 3 N–H and O–H groups in total. The molecule has 1 saturated carbocycles. The molecular formula is C13H16FN3O2. The van der Waals surface area contributed by atoms with Crippen molar-refractivity contribution in [3.8, 4) is 0 Å². The van der Waals surface area contributed by atoms with Gasteiger partial charge in [0, 0.05) is 12.6 Å². The van der Waals surface area contributed by atoms with Crippen molar-refractivity contribution in [2.24, 2.45) is 5.73 Å². The molecule has 6 heteroatoms. The van der Waals surface area contributed by atoms with Crippen LogP contribution in [0.4, 0.5) is 9.18 Å². The molecule has 3 amide bonds. The van der Waals surface area contributed by atoms with Crippen LogP contribution in [-0.2, 0) is 11.3 Å². The Morgan fingerprint density at radius 3 is 2.47 bits per heavy atom. The SMILES string of the molecule is NC(=O)NC(=O)CN(Cc1ccc(F)cc1)C1CC1. The van der Waals surface area contributed by atoms with Gasteiger partial charge in [0.25, 0.3) is 0 Å². The fourth-order valence-corrected chi connectivity index (χ4v) is 1.94. The number of nitrogens with zero attached hydrogens (tertiary/aromatic N) is 1. The quantitative estimate of drug-likeness (QED) is 0.833. The molecule has 0 heterocycles. The summed E-state index contributed by atoms with van der Waals surface area (Å²) in [5.41, 5.74) is 5.83. The zero-order valence-electron chi connectivity index (χ0n) is 10.4. The van der Waals surface area contributed by atoms with Crippen LogP contribution in [0, 0.1) is 5.82 Å². The van der Waals surface area contributed by atoms with Gasteiger partial charge in [-0.15, -0.1) is 0 Å². The first-order chi connectivity index (χ1) is 9.04. The van der Waals surface area contributed by atoms with Crippen LogP contribution < -0.4 is 11.1 Å². The minimum atomic E-state index is -0.845. The van der Waals surface area contributed by atoms with E-state index >= 15 is 0 Å². The van der Waals surface area contributed by atoms with Crippen molar-refractivity contribution in [3.63, 3.8) is 0 Å². The molecule has 1 aliphatic carbocycles. The third kappa shape index (κ3) is 4.33. The molecule has 1 aliphatic rings. The number of hydrogen-bond donors (Lipinski definition) is 2. The lowest BCUT2D eigenvalue weighted by Crippen LogP contribution is -2.42. The molecule has 1 aromatic rings. The van der Waals surface area contributed by atoms with Crippen LogP contribution in [0.15, 0.2) is 24.3 Å². The summed E-state index contributed by atoms with van der Waals surface area (Å²) < 4.78 is 12.8. The molecule has 5 nitrogen and oxygen atoms in total. The second kappa shape index (κ2) is 5.79. The second-order valence-electron chi connectivity index (χ2n) is 4.68. The Kier molecular flexibility index (Phi) is 4.11. The van der Waals surface area contributed by atoms with E-state index in [1.165, 1.54) is 12.1 Å². The van der Waals surface area contributed by atoms with E-state index in [1.807, 2.05) is 10.2 Å². The van der Waals surface area contributed by atoms with E-state index in [1.54, 1.807) is 12.1 Å². The molecular weight excluding hydrogens is 249 g/mol. The monoisotopic (exact) mass is 265 g/mol. The highest BCUT2D eigenvalue weighted by molar-refractivity contribution is 5.94. The van der Waals surface area contributed by atoms with E-state index in [0.717, 1.165) is 18.4 Å². The summed E-state index contributed by atoms with van der Waals surface area (Å²) in [5.74, 6) is -0.699. The van der Waals surface area contributed by atoms with Gasteiger partial charge in [0.05, 0.1) is 6.54 Å². The number of carbonyl (C=O) groups excluding carboxylic acids is 2. The van der Waals surface area contributed by atoms with Crippen molar-refractivity contribution in [1.29, 1.82) is 0 Å². The fourth-order valence-electron chi connectivity index (χ4n) is 1.94. The summed E-state index contributed by atoms with van der Waals surface area (Å²) in [6, 6.07) is 5.67. The largest absolute Gasteiger partial charge is 0.351 e. The number of primary amides is 1. The third-order valence-corrected chi connectivity index (χ3v) is 2.97. The van der Waals surface area contributed by atoms with Gasteiger partial charge in [-0.3, -0.25) is 15.0 Å². The third-order valence-electron chi connectivity index (χ3n) is 2.97. The summed E-state index contributed by atoms with van der Waals surface area (Å²) >= 11 is 0. The van der Waals surface area contributed by atoms with Crippen LogP contribution >= 0.6 is 0 Å². The topological polar surface area (TPSA) is 75.4 Å². The number of halogens is 1. The smallest absolute Gasteiger partial charge is 0.318 e. The molecule has 0 unspecified atom stereocenters. The number of nitrogens with two attached hydrogens (primary N) is 1. The van der Waals surface area contributed by atoms with Crippen LogP contribution in [0.1, 0.15) is 18.4 Å². The van der Waals surface area contributed by atoms with Crippen molar-refractivity contribution in [2.45, 2.75) is 25.4 Å². The minimum absolute atomic E-state index is 0.116. The lowest BCUT2D eigenvalue weighted by molar-refractivity contribution is -0.121. The molecule has 0 atom stereocenters. The van der Waals surface area contributed by atoms with Crippen LogP contribution in [0.25, 0.3) is 0 Å². The summed E-state index contributed by atoms with van der Waals surface area (Å²) in [6.07, 6.45) is 2.07. The van der Waals surface area contributed by atoms with Crippen molar-refractivity contribution < 1.29 is 14.0 Å². The van der Waals surface area contributed by atoms with Gasteiger partial charge in [0.15, 0.2) is 0 Å². The van der Waals surface area contributed by atoms with Gasteiger partial charge >= 0.3 is 6.03 Å². The van der Waals surface area contributed by atoms with Crippen LogP contribution in [0.5, 0.6) is 0 Å². The van der Waals surface area contributed by atoms with Crippen molar-refractivity contribution in [1.82, 2.24) is 10.2 Å². The molecule has 1 aromatic carbocycles. The summed E-state index contributed by atoms with van der Waals surface area (Å²) in [5, 5.41) is 2.05. The predicted molar refractivity (Wildman–Crippen MR) is 67.6 cm³/mol. The number of carbonyl (C=O) groups is 2. The fraction of sp³-hybridized carbons (Fsp3) is 0.385. The molecule has 2 rings (SSSR count). The van der Waals surface area contributed by atoms with Gasteiger partial charge in [-0.2, -0.15) is 0 Å². The Bertz CT molecular complexity index is 471. The number of benzene rings is 1. The van der Waals surface area contributed by atoms with Crippen molar-refractivity contribution in [3.05, 3.63) is 35.6 Å². The van der Waals surface area contributed by atoms with E-state index < -0.39 is 11.9 Å². The Morgan fingerprint density at radius 2 is 1.95 bits per heavy atom. The Morgan fingerprint density at radius 1 is 1.32 bits per heavy atom. The summed E-state index contributed by atoms with van der Waals surface area (Å²) in [7, 11) is 0. The van der Waals surface area contributed by atoms with E-state index in [-0.39, 0.29) is 12.4 Å². The molecule has 0 aromatic heterocycles. The van der Waals surface area contributed by atoms with E-state index in [2.05, 4.69) is 0 Å². The highest BCUT2D eigenvalue weighted by Gasteiger charge is 2.30. The molecule has 102 valence electrons. The summed E-state index contributed by atoms with van der Waals surface area (Å²) in [6.45, 7) is 0.669. The number of amides is 3. The maximum atomic E-state index is 12.8. The standard InChI is InChI=1S/C13H16FN3O2/c14-10-3-1-9(2-4-10)7-17(11-5-6-11)8-12(18)16-13(15)19/h1-4,11H,5-8H2,(H3,15,16,18,19). The lowest BCUT2D eigenvalue weighted by atomic mass is 10.2. The van der Waals surface area contributed by atoms with Gasteiger partial charge in [-0.05, 0) is 30.5 Å². The molecule has 0 bridgehead atoms. The first-order valence-electron chi connectivity index (χ1n) is 6.12. The second-order valence-corrected chi connectivity index (χ2v) is 4.68. The Labute approximate surface area is 110 Å². The van der Waals surface area contributed by atoms with Crippen molar-refractivity contribution in [2.75, 3.05) is 6.54 Å². The number of rotatable bonds is 5. The summed E-state index contributed by atoms with van der Waals surface area (Å²) in [4.78, 5) is 24.1. The molecule has 0 radical (unpaired) electrons. The molecule has 0 aliphatic heterocycles. The number of imide groups is 1. The number of nitrogens with one attached hydrogen (secondary N) is 1. The van der Waals surface area contributed by atoms with Gasteiger partial charge in [0.1, 0.15) is 5.82 Å². The maximum absolute atomic E-state index is 12.8. The molecule has 0 spiro atoms. The maximum Gasteiger partial charge on any atom is 0.318 e. The van der Waals surface area contributed by atoms with E-state index in [9.17, 15) is 14.0 Å². The van der Waals surface area contributed by atoms with Gasteiger partial charge in [0.2, 0.25) is 5.91 Å². The van der Waals surface area contributed by atoms with Crippen molar-refractivity contribution >= 4 is 11.9 Å². The first kappa shape index (κ1) is 13.5. The highest BCUT2D eigenvalue weighted by atomic mass is 19.1. The molecule has 19 heavy (non-hydrogen) atoms. The van der Waals surface area contributed by atoms with Gasteiger partial charge < -0.3 is 5.73 Å². The zero-order valence-corrected chi connectivity index (χ0v) is 10.4. The molecule has 1 fully saturated rings.